The van der Waals surface area contributed by atoms with Gasteiger partial charge in [0.1, 0.15) is 0 Å². The van der Waals surface area contributed by atoms with E-state index in [2.05, 4.69) is 28.8 Å². The number of rotatable bonds is 6. The SMILES string of the molecule is CCC(C)C(CO)NCc1csnn1. The highest BCUT2D eigenvalue weighted by Gasteiger charge is 2.14. The topological polar surface area (TPSA) is 58.0 Å². The first-order chi connectivity index (χ1) is 6.77. The fourth-order valence-corrected chi connectivity index (χ4v) is 1.68. The molecule has 0 bridgehead atoms. The van der Waals surface area contributed by atoms with Gasteiger partial charge in [-0.1, -0.05) is 24.8 Å². The minimum absolute atomic E-state index is 0.154. The van der Waals surface area contributed by atoms with Crippen LogP contribution in [-0.4, -0.2) is 27.3 Å². The van der Waals surface area contributed by atoms with Crippen molar-refractivity contribution in [2.75, 3.05) is 6.61 Å². The highest BCUT2D eigenvalue weighted by molar-refractivity contribution is 7.03. The quantitative estimate of drug-likeness (QED) is 0.744. The molecular weight excluding hydrogens is 198 g/mol. The van der Waals surface area contributed by atoms with Crippen LogP contribution in [0.5, 0.6) is 0 Å². The Morgan fingerprint density at radius 3 is 2.93 bits per heavy atom. The third kappa shape index (κ3) is 3.32. The number of hydrogen-bond acceptors (Lipinski definition) is 5. The fourth-order valence-electron chi connectivity index (χ4n) is 1.23. The minimum Gasteiger partial charge on any atom is -0.395 e. The largest absolute Gasteiger partial charge is 0.395 e. The Balaban J connectivity index is 2.34. The van der Waals surface area contributed by atoms with E-state index in [1.165, 1.54) is 11.5 Å². The van der Waals surface area contributed by atoms with Crippen LogP contribution in [0.3, 0.4) is 0 Å². The summed E-state index contributed by atoms with van der Waals surface area (Å²) in [6, 6.07) is 0.154. The smallest absolute Gasteiger partial charge is 0.0893 e. The molecule has 1 rings (SSSR count). The molecule has 1 aromatic rings. The van der Waals surface area contributed by atoms with Crippen molar-refractivity contribution in [2.24, 2.45) is 5.92 Å². The summed E-state index contributed by atoms with van der Waals surface area (Å²) in [6.07, 6.45) is 1.06. The minimum atomic E-state index is 0.154. The molecule has 0 aromatic carbocycles. The van der Waals surface area contributed by atoms with Gasteiger partial charge in [0, 0.05) is 18.0 Å². The van der Waals surface area contributed by atoms with Gasteiger partial charge in [-0.05, 0) is 17.5 Å². The Morgan fingerprint density at radius 1 is 1.64 bits per heavy atom. The maximum atomic E-state index is 9.16. The van der Waals surface area contributed by atoms with Gasteiger partial charge in [0.25, 0.3) is 0 Å². The molecule has 0 spiro atoms. The first-order valence-corrected chi connectivity index (χ1v) is 5.71. The summed E-state index contributed by atoms with van der Waals surface area (Å²) in [4.78, 5) is 0. The Hall–Kier alpha value is -0.520. The number of aliphatic hydroxyl groups is 1. The Bertz CT molecular complexity index is 240. The number of aliphatic hydroxyl groups excluding tert-OH is 1. The monoisotopic (exact) mass is 215 g/mol. The zero-order valence-corrected chi connectivity index (χ0v) is 9.42. The molecule has 4 nitrogen and oxygen atoms in total. The maximum absolute atomic E-state index is 9.16. The molecule has 80 valence electrons. The van der Waals surface area contributed by atoms with Crippen LogP contribution in [0.4, 0.5) is 0 Å². The van der Waals surface area contributed by atoms with Gasteiger partial charge in [-0.3, -0.25) is 0 Å². The van der Waals surface area contributed by atoms with Crippen molar-refractivity contribution in [2.45, 2.75) is 32.9 Å². The normalized spacial score (nSPS) is 15.4. The van der Waals surface area contributed by atoms with Gasteiger partial charge >= 0.3 is 0 Å². The van der Waals surface area contributed by atoms with Crippen molar-refractivity contribution >= 4 is 11.5 Å². The van der Waals surface area contributed by atoms with Crippen molar-refractivity contribution in [3.8, 4) is 0 Å². The molecule has 1 aromatic heterocycles. The highest BCUT2D eigenvalue weighted by Crippen LogP contribution is 2.07. The highest BCUT2D eigenvalue weighted by atomic mass is 32.1. The van der Waals surface area contributed by atoms with Crippen molar-refractivity contribution in [3.05, 3.63) is 11.1 Å². The number of nitrogens with zero attached hydrogens (tertiary/aromatic N) is 2. The molecule has 0 saturated heterocycles. The summed E-state index contributed by atoms with van der Waals surface area (Å²) < 4.78 is 3.78. The average molecular weight is 215 g/mol. The van der Waals surface area contributed by atoms with E-state index in [-0.39, 0.29) is 12.6 Å². The van der Waals surface area contributed by atoms with E-state index >= 15 is 0 Å². The molecule has 2 unspecified atom stereocenters. The van der Waals surface area contributed by atoms with Gasteiger partial charge in [0.15, 0.2) is 0 Å². The molecule has 1 heterocycles. The average Bonchev–Trinajstić information content (AvgIpc) is 2.71. The lowest BCUT2D eigenvalue weighted by molar-refractivity contribution is 0.200. The molecule has 0 aliphatic rings. The predicted molar refractivity (Wildman–Crippen MR) is 57.1 cm³/mol. The standard InChI is InChI=1S/C9H17N3OS/c1-3-7(2)9(5-13)10-4-8-6-14-12-11-8/h6-7,9-10,13H,3-5H2,1-2H3. The van der Waals surface area contributed by atoms with E-state index in [1.807, 2.05) is 5.38 Å². The molecule has 14 heavy (non-hydrogen) atoms. The number of hydrogen-bond donors (Lipinski definition) is 2. The Kier molecular flexibility index (Phi) is 5.00. The van der Waals surface area contributed by atoms with Crippen LogP contribution in [0.15, 0.2) is 5.38 Å². The summed E-state index contributed by atoms with van der Waals surface area (Å²) in [6.45, 7) is 5.12. The van der Waals surface area contributed by atoms with Gasteiger partial charge in [-0.25, -0.2) is 0 Å². The Morgan fingerprint density at radius 2 is 2.43 bits per heavy atom. The zero-order chi connectivity index (χ0) is 10.4. The first kappa shape index (κ1) is 11.6. The molecule has 0 aliphatic heterocycles. The summed E-state index contributed by atoms with van der Waals surface area (Å²) >= 11 is 1.35. The van der Waals surface area contributed by atoms with Crippen LogP contribution < -0.4 is 5.32 Å². The molecule has 0 fully saturated rings. The third-order valence-electron chi connectivity index (χ3n) is 2.48. The van der Waals surface area contributed by atoms with Crippen LogP contribution in [0.1, 0.15) is 26.0 Å². The van der Waals surface area contributed by atoms with Crippen LogP contribution in [0.25, 0.3) is 0 Å². The number of aromatic nitrogens is 2. The number of nitrogens with one attached hydrogen (secondary N) is 1. The van der Waals surface area contributed by atoms with Gasteiger partial charge < -0.3 is 10.4 Å². The van der Waals surface area contributed by atoms with Crippen molar-refractivity contribution in [1.82, 2.24) is 14.9 Å². The molecule has 0 radical (unpaired) electrons. The van der Waals surface area contributed by atoms with Crippen LogP contribution >= 0.6 is 11.5 Å². The molecular formula is C9H17N3OS. The van der Waals surface area contributed by atoms with E-state index in [4.69, 9.17) is 5.11 Å². The summed E-state index contributed by atoms with van der Waals surface area (Å²) in [5.74, 6) is 0.478. The molecule has 0 aliphatic carbocycles. The molecule has 2 N–H and O–H groups in total. The molecule has 0 saturated carbocycles. The first-order valence-electron chi connectivity index (χ1n) is 4.88. The zero-order valence-electron chi connectivity index (χ0n) is 8.60. The second-order valence-corrected chi connectivity index (χ2v) is 4.06. The van der Waals surface area contributed by atoms with Gasteiger partial charge in [-0.15, -0.1) is 5.10 Å². The van der Waals surface area contributed by atoms with Crippen LogP contribution in [0, 0.1) is 5.92 Å². The van der Waals surface area contributed by atoms with E-state index in [1.54, 1.807) is 0 Å². The van der Waals surface area contributed by atoms with Crippen molar-refractivity contribution in [3.63, 3.8) is 0 Å². The maximum Gasteiger partial charge on any atom is 0.0893 e. The van der Waals surface area contributed by atoms with Crippen LogP contribution in [-0.2, 0) is 6.54 Å². The summed E-state index contributed by atoms with van der Waals surface area (Å²) in [5, 5.41) is 18.3. The van der Waals surface area contributed by atoms with Crippen molar-refractivity contribution in [1.29, 1.82) is 0 Å². The molecule has 5 heteroatoms. The van der Waals surface area contributed by atoms with Crippen LogP contribution in [0.2, 0.25) is 0 Å². The third-order valence-corrected chi connectivity index (χ3v) is 3.03. The second-order valence-electron chi connectivity index (χ2n) is 3.45. The second kappa shape index (κ2) is 6.06. The van der Waals surface area contributed by atoms with Gasteiger partial charge in [0.2, 0.25) is 0 Å². The summed E-state index contributed by atoms with van der Waals surface area (Å²) in [7, 11) is 0. The molecule has 0 amide bonds. The fraction of sp³-hybridized carbons (Fsp3) is 0.778. The van der Waals surface area contributed by atoms with Crippen molar-refractivity contribution < 1.29 is 5.11 Å². The van der Waals surface area contributed by atoms with Gasteiger partial charge in [-0.2, -0.15) is 0 Å². The van der Waals surface area contributed by atoms with Gasteiger partial charge in [0.05, 0.1) is 12.3 Å². The predicted octanol–water partition coefficient (Wildman–Crippen LogP) is 1.03. The van der Waals surface area contributed by atoms with E-state index in [0.29, 0.717) is 12.5 Å². The lowest BCUT2D eigenvalue weighted by Gasteiger charge is -2.21. The van der Waals surface area contributed by atoms with E-state index in [0.717, 1.165) is 12.1 Å². The van der Waals surface area contributed by atoms with E-state index < -0.39 is 0 Å². The summed E-state index contributed by atoms with van der Waals surface area (Å²) in [5.41, 5.74) is 0.941. The van der Waals surface area contributed by atoms with E-state index in [9.17, 15) is 0 Å². The lowest BCUT2D eigenvalue weighted by Crippen LogP contribution is -2.37. The Labute approximate surface area is 88.5 Å². The lowest BCUT2D eigenvalue weighted by atomic mass is 10.00. The molecule has 2 atom stereocenters.